The van der Waals surface area contributed by atoms with E-state index in [-0.39, 0.29) is 0 Å². The van der Waals surface area contributed by atoms with Gasteiger partial charge in [-0.05, 0) is 18.4 Å². The van der Waals surface area contributed by atoms with Crippen LogP contribution in [-0.2, 0) is 0 Å². The Morgan fingerprint density at radius 2 is 1.56 bits per heavy atom. The van der Waals surface area contributed by atoms with E-state index in [0.29, 0.717) is 0 Å². The van der Waals surface area contributed by atoms with Gasteiger partial charge in [-0.15, -0.1) is 0 Å². The molecule has 1 N–H and O–H groups in total. The highest BCUT2D eigenvalue weighted by Gasteiger charge is 2.47. The first-order valence-corrected chi connectivity index (χ1v) is 9.99. The Balaban J connectivity index is 2.41. The van der Waals surface area contributed by atoms with E-state index in [1.54, 1.807) is 11.3 Å². The smallest absolute Gasteiger partial charge is 0.117 e. The minimum atomic E-state index is -0.794. The fourth-order valence-electron chi connectivity index (χ4n) is 2.24. The standard InChI is InChI=1S/C6H17NSi2/c1-7-9(4)5-8(2,3)6-9/h7H,5-6H2,1-4H3. The highest BCUT2D eigenvalue weighted by Crippen LogP contribution is 2.37. The molecule has 0 spiro atoms. The van der Waals surface area contributed by atoms with Crippen molar-refractivity contribution in [1.82, 2.24) is 4.98 Å². The lowest BCUT2D eigenvalue weighted by molar-refractivity contribution is 1.09. The van der Waals surface area contributed by atoms with Crippen LogP contribution in [0.15, 0.2) is 0 Å². The summed E-state index contributed by atoms with van der Waals surface area (Å²) in [5, 5.41) is 0. The molecule has 0 saturated carbocycles. The molecule has 0 aromatic carbocycles. The molecule has 0 aromatic rings. The lowest BCUT2D eigenvalue weighted by Gasteiger charge is -2.48. The molecule has 0 aromatic heterocycles. The molecule has 1 heterocycles. The van der Waals surface area contributed by atoms with Gasteiger partial charge in [0.1, 0.15) is 8.24 Å². The fraction of sp³-hybridized carbons (Fsp3) is 1.00. The maximum Gasteiger partial charge on any atom is 0.117 e. The molecule has 0 atom stereocenters. The van der Waals surface area contributed by atoms with Crippen molar-refractivity contribution in [1.29, 1.82) is 0 Å². The molecule has 3 heteroatoms. The van der Waals surface area contributed by atoms with Crippen LogP contribution in [0.2, 0.25) is 31.0 Å². The third-order valence-electron chi connectivity index (χ3n) is 2.34. The van der Waals surface area contributed by atoms with Crippen LogP contribution in [0, 0.1) is 0 Å². The second-order valence-electron chi connectivity index (χ2n) is 4.33. The number of hydrogen-bond donors (Lipinski definition) is 1. The molecule has 0 unspecified atom stereocenters. The van der Waals surface area contributed by atoms with Gasteiger partial charge in [0.05, 0.1) is 0 Å². The lowest BCUT2D eigenvalue weighted by Crippen LogP contribution is -2.65. The van der Waals surface area contributed by atoms with Crippen molar-refractivity contribution in [2.45, 2.75) is 31.0 Å². The number of hydrogen-bond acceptors (Lipinski definition) is 1. The Hall–Kier alpha value is 0.394. The van der Waals surface area contributed by atoms with Crippen LogP contribution in [0.5, 0.6) is 0 Å². The van der Waals surface area contributed by atoms with Gasteiger partial charge < -0.3 is 4.98 Å². The highest BCUT2D eigenvalue weighted by molar-refractivity contribution is 7.11. The van der Waals surface area contributed by atoms with Crippen LogP contribution in [0.25, 0.3) is 0 Å². The van der Waals surface area contributed by atoms with E-state index in [0.717, 1.165) is 0 Å². The second kappa shape index (κ2) is 1.94. The summed E-state index contributed by atoms with van der Waals surface area (Å²) < 4.78 is 0. The summed E-state index contributed by atoms with van der Waals surface area (Å²) in [6.45, 7) is 7.46. The van der Waals surface area contributed by atoms with E-state index in [9.17, 15) is 0 Å². The minimum absolute atomic E-state index is 0.608. The number of rotatable bonds is 1. The van der Waals surface area contributed by atoms with Crippen LogP contribution in [-0.4, -0.2) is 23.4 Å². The summed E-state index contributed by atoms with van der Waals surface area (Å²) in [6, 6.07) is 0. The zero-order valence-electron chi connectivity index (χ0n) is 6.91. The predicted octanol–water partition coefficient (Wildman–Crippen LogP) is 1.58. The first-order valence-electron chi connectivity index (χ1n) is 3.66. The molecule has 1 saturated heterocycles. The maximum atomic E-state index is 3.51. The SMILES string of the molecule is CN[Si]1(C)C[Si](C)(C)C1. The van der Waals surface area contributed by atoms with Crippen LogP contribution in [0.4, 0.5) is 0 Å². The molecule has 1 rings (SSSR count). The van der Waals surface area contributed by atoms with Gasteiger partial charge in [0.25, 0.3) is 0 Å². The number of nitrogens with one attached hydrogen (secondary N) is 1. The van der Waals surface area contributed by atoms with Gasteiger partial charge in [-0.25, -0.2) is 0 Å². The predicted molar refractivity (Wildman–Crippen MR) is 47.8 cm³/mol. The first-order chi connectivity index (χ1) is 3.97. The monoisotopic (exact) mass is 159 g/mol. The van der Waals surface area contributed by atoms with Gasteiger partial charge in [-0.2, -0.15) is 0 Å². The molecule has 54 valence electrons. The van der Waals surface area contributed by atoms with Gasteiger partial charge in [0, 0.05) is 8.07 Å². The van der Waals surface area contributed by atoms with Crippen molar-refractivity contribution >= 4 is 16.3 Å². The normalized spacial score (nSPS) is 29.3. The van der Waals surface area contributed by atoms with E-state index in [4.69, 9.17) is 0 Å². The Bertz CT molecular complexity index is 114. The third kappa shape index (κ3) is 1.45. The summed E-state index contributed by atoms with van der Waals surface area (Å²) in [5.41, 5.74) is 3.19. The zero-order valence-corrected chi connectivity index (χ0v) is 8.91. The van der Waals surface area contributed by atoms with Crippen LogP contribution >= 0.6 is 0 Å². The molecule has 1 fully saturated rings. The van der Waals surface area contributed by atoms with E-state index < -0.39 is 16.3 Å². The van der Waals surface area contributed by atoms with Gasteiger partial charge >= 0.3 is 0 Å². The third-order valence-corrected chi connectivity index (χ3v) is 17.4. The van der Waals surface area contributed by atoms with Gasteiger partial charge in [-0.1, -0.05) is 19.6 Å². The molecule has 0 bridgehead atoms. The Labute approximate surface area is 59.9 Å². The van der Waals surface area contributed by atoms with Gasteiger partial charge in [0.15, 0.2) is 0 Å². The van der Waals surface area contributed by atoms with Crippen molar-refractivity contribution in [2.75, 3.05) is 7.05 Å². The quantitative estimate of drug-likeness (QED) is 0.573. The largest absolute Gasteiger partial charge is 0.340 e. The minimum Gasteiger partial charge on any atom is -0.340 e. The van der Waals surface area contributed by atoms with E-state index in [1.165, 1.54) is 0 Å². The topological polar surface area (TPSA) is 12.0 Å². The van der Waals surface area contributed by atoms with E-state index in [2.05, 4.69) is 31.7 Å². The van der Waals surface area contributed by atoms with Gasteiger partial charge in [0.2, 0.25) is 0 Å². The first kappa shape index (κ1) is 7.50. The van der Waals surface area contributed by atoms with Crippen molar-refractivity contribution in [3.63, 3.8) is 0 Å². The average Bonchev–Trinajstić information content (AvgIpc) is 1.61. The van der Waals surface area contributed by atoms with E-state index in [1.807, 2.05) is 0 Å². The van der Waals surface area contributed by atoms with Crippen molar-refractivity contribution in [3.05, 3.63) is 0 Å². The average molecular weight is 159 g/mol. The summed E-state index contributed by atoms with van der Waals surface area (Å²) in [4.78, 5) is 3.51. The second-order valence-corrected chi connectivity index (χ2v) is 15.1. The van der Waals surface area contributed by atoms with Crippen LogP contribution in [0.3, 0.4) is 0 Å². The molecular formula is C6H17NSi2. The van der Waals surface area contributed by atoms with E-state index >= 15 is 0 Å². The fourth-order valence-corrected chi connectivity index (χ4v) is 20.1. The summed E-state index contributed by atoms with van der Waals surface area (Å²) in [5.74, 6) is 0. The van der Waals surface area contributed by atoms with Crippen LogP contribution < -0.4 is 4.98 Å². The molecule has 0 aliphatic carbocycles. The molecule has 1 nitrogen and oxygen atoms in total. The van der Waals surface area contributed by atoms with Crippen molar-refractivity contribution < 1.29 is 0 Å². The molecule has 0 amide bonds. The summed E-state index contributed by atoms with van der Waals surface area (Å²) in [6.07, 6.45) is 0. The molecule has 1 aliphatic heterocycles. The molecule has 0 radical (unpaired) electrons. The molecule has 9 heavy (non-hydrogen) atoms. The molecule has 1 aliphatic rings. The Morgan fingerprint density at radius 3 is 1.67 bits per heavy atom. The Kier molecular flexibility index (Phi) is 1.61. The molecular weight excluding hydrogens is 142 g/mol. The summed E-state index contributed by atoms with van der Waals surface area (Å²) >= 11 is 0. The highest BCUT2D eigenvalue weighted by atomic mass is 28.5. The van der Waals surface area contributed by atoms with Gasteiger partial charge in [-0.3, -0.25) is 0 Å². The van der Waals surface area contributed by atoms with Crippen LogP contribution in [0.1, 0.15) is 0 Å². The Morgan fingerprint density at radius 1 is 1.11 bits per heavy atom. The lowest BCUT2D eigenvalue weighted by atomic mass is 11.6. The maximum absolute atomic E-state index is 3.51. The van der Waals surface area contributed by atoms with Crippen molar-refractivity contribution in [3.8, 4) is 0 Å². The van der Waals surface area contributed by atoms with Crippen molar-refractivity contribution in [2.24, 2.45) is 0 Å². The zero-order chi connectivity index (χ0) is 7.12. The summed E-state index contributed by atoms with van der Waals surface area (Å²) in [7, 11) is 0.733.